The van der Waals surface area contributed by atoms with Crippen LogP contribution < -0.4 is 10.5 Å². The Morgan fingerprint density at radius 1 is 1.10 bits per heavy atom. The number of rotatable bonds is 5. The number of nitrogens with zero attached hydrogens (tertiary/aromatic N) is 3. The minimum absolute atomic E-state index is 0.163. The number of piperidine rings is 1. The molecular formula is C23H23ClN4O3. The average Bonchev–Trinajstić information content (AvgIpc) is 3.24. The number of primary amides is 1. The number of carbonyl (C=O) groups is 2. The van der Waals surface area contributed by atoms with Crippen LogP contribution in [-0.4, -0.2) is 46.7 Å². The summed E-state index contributed by atoms with van der Waals surface area (Å²) in [6.45, 7) is 0.934. The molecule has 1 saturated heterocycles. The van der Waals surface area contributed by atoms with Crippen molar-refractivity contribution < 1.29 is 14.3 Å². The largest absolute Gasteiger partial charge is 0.497 e. The number of halogens is 1. The zero-order valence-electron chi connectivity index (χ0n) is 17.1. The van der Waals surface area contributed by atoms with Gasteiger partial charge in [-0.05, 0) is 43.2 Å². The fraction of sp³-hybridized carbons (Fsp3) is 0.261. The predicted octanol–water partition coefficient (Wildman–Crippen LogP) is 3.54. The van der Waals surface area contributed by atoms with E-state index in [2.05, 4.69) is 0 Å². The standard InChI is InChI=1S/C23H23ClN4O3/c1-31-17-6-4-5-16(13-17)19-14-21(28(26-19)20-8-3-2-7-18(20)24)23(30)27-11-9-15(10-12-27)22(25)29/h2-8,13-15H,9-12H2,1H3,(H2,25,29). The van der Waals surface area contributed by atoms with Gasteiger partial charge in [-0.3, -0.25) is 9.59 Å². The molecule has 1 aromatic heterocycles. The second-order valence-corrected chi connectivity index (χ2v) is 7.89. The zero-order valence-corrected chi connectivity index (χ0v) is 17.9. The van der Waals surface area contributed by atoms with Crippen LogP contribution in [-0.2, 0) is 4.79 Å². The summed E-state index contributed by atoms with van der Waals surface area (Å²) in [5.74, 6) is 0.0362. The van der Waals surface area contributed by atoms with E-state index < -0.39 is 0 Å². The van der Waals surface area contributed by atoms with Crippen LogP contribution in [0.25, 0.3) is 16.9 Å². The maximum Gasteiger partial charge on any atom is 0.272 e. The van der Waals surface area contributed by atoms with Crippen LogP contribution in [0.5, 0.6) is 5.75 Å². The summed E-state index contributed by atoms with van der Waals surface area (Å²) < 4.78 is 6.90. The molecule has 1 fully saturated rings. The van der Waals surface area contributed by atoms with Crippen molar-refractivity contribution in [1.82, 2.24) is 14.7 Å². The molecule has 1 aliphatic rings. The van der Waals surface area contributed by atoms with E-state index in [0.29, 0.717) is 53.8 Å². The fourth-order valence-electron chi connectivity index (χ4n) is 3.79. The lowest BCUT2D eigenvalue weighted by Crippen LogP contribution is -2.42. The highest BCUT2D eigenvalue weighted by atomic mass is 35.5. The van der Waals surface area contributed by atoms with Crippen molar-refractivity contribution in [3.05, 3.63) is 65.3 Å². The van der Waals surface area contributed by atoms with E-state index >= 15 is 0 Å². The molecule has 0 radical (unpaired) electrons. The third-order valence-corrected chi connectivity index (χ3v) is 5.88. The summed E-state index contributed by atoms with van der Waals surface area (Å²) in [5.41, 5.74) is 7.91. The van der Waals surface area contributed by atoms with Crippen LogP contribution in [0.1, 0.15) is 23.3 Å². The van der Waals surface area contributed by atoms with Gasteiger partial charge in [0.25, 0.3) is 5.91 Å². The molecular weight excluding hydrogens is 416 g/mol. The van der Waals surface area contributed by atoms with Crippen LogP contribution in [0.15, 0.2) is 54.6 Å². The Morgan fingerprint density at radius 2 is 1.84 bits per heavy atom. The van der Waals surface area contributed by atoms with Crippen molar-refractivity contribution in [2.75, 3.05) is 20.2 Å². The average molecular weight is 439 g/mol. The fourth-order valence-corrected chi connectivity index (χ4v) is 4.01. The van der Waals surface area contributed by atoms with E-state index in [-0.39, 0.29) is 17.7 Å². The van der Waals surface area contributed by atoms with E-state index in [0.717, 1.165) is 5.56 Å². The molecule has 160 valence electrons. The molecule has 31 heavy (non-hydrogen) atoms. The molecule has 0 unspecified atom stereocenters. The van der Waals surface area contributed by atoms with Gasteiger partial charge in [0.05, 0.1) is 23.5 Å². The number of hydrogen-bond acceptors (Lipinski definition) is 4. The molecule has 2 heterocycles. The van der Waals surface area contributed by atoms with E-state index in [4.69, 9.17) is 27.2 Å². The summed E-state index contributed by atoms with van der Waals surface area (Å²) >= 11 is 6.42. The molecule has 7 nitrogen and oxygen atoms in total. The van der Waals surface area contributed by atoms with Gasteiger partial charge in [0, 0.05) is 24.6 Å². The highest BCUT2D eigenvalue weighted by Crippen LogP contribution is 2.29. The monoisotopic (exact) mass is 438 g/mol. The van der Waals surface area contributed by atoms with Gasteiger partial charge >= 0.3 is 0 Å². The molecule has 8 heteroatoms. The van der Waals surface area contributed by atoms with E-state index in [9.17, 15) is 9.59 Å². The molecule has 0 atom stereocenters. The van der Waals surface area contributed by atoms with Crippen molar-refractivity contribution in [1.29, 1.82) is 0 Å². The maximum absolute atomic E-state index is 13.4. The van der Waals surface area contributed by atoms with Gasteiger partial charge in [0.15, 0.2) is 0 Å². The van der Waals surface area contributed by atoms with Crippen molar-refractivity contribution in [2.24, 2.45) is 11.7 Å². The summed E-state index contributed by atoms with van der Waals surface area (Å²) in [6.07, 6.45) is 1.12. The summed E-state index contributed by atoms with van der Waals surface area (Å²) in [4.78, 5) is 26.6. The first-order valence-corrected chi connectivity index (χ1v) is 10.4. The number of methoxy groups -OCH3 is 1. The Kier molecular flexibility index (Phi) is 5.95. The first kappa shape index (κ1) is 20.9. The first-order chi connectivity index (χ1) is 15.0. The second kappa shape index (κ2) is 8.81. The van der Waals surface area contributed by atoms with Crippen LogP contribution >= 0.6 is 11.6 Å². The number of nitrogens with two attached hydrogens (primary N) is 1. The Hall–Kier alpha value is -3.32. The second-order valence-electron chi connectivity index (χ2n) is 7.48. The zero-order chi connectivity index (χ0) is 22.0. The van der Waals surface area contributed by atoms with Gasteiger partial charge in [-0.25, -0.2) is 4.68 Å². The van der Waals surface area contributed by atoms with Crippen LogP contribution in [0, 0.1) is 5.92 Å². The Balaban J connectivity index is 1.73. The number of amides is 2. The van der Waals surface area contributed by atoms with Gasteiger partial charge in [-0.15, -0.1) is 0 Å². The van der Waals surface area contributed by atoms with Crippen LogP contribution in [0.3, 0.4) is 0 Å². The van der Waals surface area contributed by atoms with Crippen LogP contribution in [0.2, 0.25) is 5.02 Å². The number of benzene rings is 2. The number of ether oxygens (including phenoxy) is 1. The summed E-state index contributed by atoms with van der Waals surface area (Å²) in [6, 6.07) is 16.5. The molecule has 2 aromatic carbocycles. The third-order valence-electron chi connectivity index (χ3n) is 5.56. The smallest absolute Gasteiger partial charge is 0.272 e. The number of para-hydroxylation sites is 1. The Labute approximate surface area is 185 Å². The summed E-state index contributed by atoms with van der Waals surface area (Å²) in [7, 11) is 1.60. The molecule has 4 rings (SSSR count). The molecule has 0 spiro atoms. The molecule has 1 aliphatic heterocycles. The van der Waals surface area contributed by atoms with Crippen molar-refractivity contribution in [2.45, 2.75) is 12.8 Å². The quantitative estimate of drug-likeness (QED) is 0.659. The Morgan fingerprint density at radius 3 is 2.52 bits per heavy atom. The maximum atomic E-state index is 13.4. The van der Waals surface area contributed by atoms with E-state index in [1.807, 2.05) is 42.5 Å². The first-order valence-electron chi connectivity index (χ1n) is 10.1. The van der Waals surface area contributed by atoms with Gasteiger partial charge in [-0.1, -0.05) is 35.9 Å². The lowest BCUT2D eigenvalue weighted by atomic mass is 9.96. The molecule has 0 saturated carbocycles. The lowest BCUT2D eigenvalue weighted by Gasteiger charge is -2.30. The SMILES string of the molecule is COc1cccc(-c2cc(C(=O)N3CCC(C(N)=O)CC3)n(-c3ccccc3Cl)n2)c1. The molecule has 2 N–H and O–H groups in total. The van der Waals surface area contributed by atoms with Crippen LogP contribution in [0.4, 0.5) is 0 Å². The topological polar surface area (TPSA) is 90.5 Å². The van der Waals surface area contributed by atoms with Gasteiger partial charge < -0.3 is 15.4 Å². The number of hydrogen-bond donors (Lipinski definition) is 1. The van der Waals surface area contributed by atoms with Crippen molar-refractivity contribution >= 4 is 23.4 Å². The van der Waals surface area contributed by atoms with Gasteiger partial charge in [0.2, 0.25) is 5.91 Å². The molecule has 2 amide bonds. The van der Waals surface area contributed by atoms with E-state index in [1.54, 1.807) is 28.8 Å². The number of aromatic nitrogens is 2. The van der Waals surface area contributed by atoms with E-state index in [1.165, 1.54) is 0 Å². The van der Waals surface area contributed by atoms with Gasteiger partial charge in [-0.2, -0.15) is 5.10 Å². The molecule has 0 aliphatic carbocycles. The van der Waals surface area contributed by atoms with Crippen molar-refractivity contribution in [3.8, 4) is 22.7 Å². The van der Waals surface area contributed by atoms with Gasteiger partial charge in [0.1, 0.15) is 11.4 Å². The minimum atomic E-state index is -0.312. The lowest BCUT2D eigenvalue weighted by molar-refractivity contribution is -0.123. The van der Waals surface area contributed by atoms with Crippen molar-refractivity contribution in [3.63, 3.8) is 0 Å². The highest BCUT2D eigenvalue weighted by Gasteiger charge is 2.29. The summed E-state index contributed by atoms with van der Waals surface area (Å²) in [5, 5.41) is 5.19. The number of carbonyl (C=O) groups excluding carboxylic acids is 2. The Bertz CT molecular complexity index is 1120. The molecule has 3 aromatic rings. The predicted molar refractivity (Wildman–Crippen MR) is 118 cm³/mol. The third kappa shape index (κ3) is 4.27. The highest BCUT2D eigenvalue weighted by molar-refractivity contribution is 6.32. The normalized spacial score (nSPS) is 14.5. The molecule has 0 bridgehead atoms. The minimum Gasteiger partial charge on any atom is -0.497 e. The number of likely N-dealkylation sites (tertiary alicyclic amines) is 1.